The Bertz CT molecular complexity index is 1270. The number of hydrogen-bond acceptors (Lipinski definition) is 4. The van der Waals surface area contributed by atoms with Crippen molar-refractivity contribution in [1.82, 2.24) is 5.32 Å². The first-order valence-electron chi connectivity index (χ1n) is 11.0. The molecule has 2 amide bonds. The highest BCUT2D eigenvalue weighted by Crippen LogP contribution is 2.42. The van der Waals surface area contributed by atoms with Crippen molar-refractivity contribution in [1.29, 1.82) is 0 Å². The van der Waals surface area contributed by atoms with Gasteiger partial charge < -0.3 is 4.90 Å². The Morgan fingerprint density at radius 3 is 2.50 bits per heavy atom. The molecule has 2 aliphatic heterocycles. The minimum atomic E-state index is -0.543. The van der Waals surface area contributed by atoms with Gasteiger partial charge in [0.05, 0.1) is 11.2 Å². The van der Waals surface area contributed by atoms with E-state index in [0.717, 1.165) is 34.3 Å². The molecule has 1 saturated heterocycles. The van der Waals surface area contributed by atoms with Gasteiger partial charge in [-0.1, -0.05) is 40.5 Å². The maximum absolute atomic E-state index is 13.4. The average Bonchev–Trinajstić information content (AvgIpc) is 2.75. The lowest BCUT2D eigenvalue weighted by atomic mass is 9.87. The summed E-state index contributed by atoms with van der Waals surface area (Å²) in [4.78, 5) is 29.8. The largest absolute Gasteiger partial charge is 0.362 e. The summed E-state index contributed by atoms with van der Waals surface area (Å²) in [6.45, 7) is 9.48. The van der Waals surface area contributed by atoms with Crippen LogP contribution in [-0.2, 0) is 9.59 Å². The molecule has 0 spiro atoms. The number of amides is 2. The Balaban J connectivity index is 1.78. The third-order valence-electron chi connectivity index (χ3n) is 6.03. The molecular weight excluding hydrogens is 534 g/mol. The molecule has 2 aromatic carbocycles. The van der Waals surface area contributed by atoms with Gasteiger partial charge in [-0.15, -0.1) is 0 Å². The molecule has 0 radical (unpaired) electrons. The minimum Gasteiger partial charge on any atom is -0.362 e. The third kappa shape index (κ3) is 4.44. The summed E-state index contributed by atoms with van der Waals surface area (Å²) in [5.41, 5.74) is 4.21. The second-order valence-corrected chi connectivity index (χ2v) is 10.7. The molecule has 4 rings (SSSR count). The summed E-state index contributed by atoms with van der Waals surface area (Å²) in [5, 5.41) is 3.14. The van der Waals surface area contributed by atoms with Crippen LogP contribution in [0, 0.1) is 0 Å². The summed E-state index contributed by atoms with van der Waals surface area (Å²) in [7, 11) is 0. The van der Waals surface area contributed by atoms with Gasteiger partial charge in [-0.05, 0) is 93.0 Å². The van der Waals surface area contributed by atoms with Gasteiger partial charge in [-0.25, -0.2) is 0 Å². The van der Waals surface area contributed by atoms with E-state index in [4.69, 9.17) is 23.8 Å². The van der Waals surface area contributed by atoms with Gasteiger partial charge in [0.1, 0.15) is 5.57 Å². The van der Waals surface area contributed by atoms with E-state index in [1.807, 2.05) is 24.3 Å². The highest BCUT2D eigenvalue weighted by Gasteiger charge is 2.35. The number of carbonyl (C=O) groups is 2. The quantitative estimate of drug-likeness (QED) is 0.270. The fourth-order valence-electron chi connectivity index (χ4n) is 4.50. The van der Waals surface area contributed by atoms with Crippen molar-refractivity contribution in [2.75, 3.05) is 16.3 Å². The van der Waals surface area contributed by atoms with Gasteiger partial charge in [-0.2, -0.15) is 0 Å². The van der Waals surface area contributed by atoms with Gasteiger partial charge in [0.25, 0.3) is 11.8 Å². The molecule has 0 saturated carbocycles. The molecule has 5 nitrogen and oxygen atoms in total. The van der Waals surface area contributed by atoms with Crippen LogP contribution in [-0.4, -0.2) is 29.0 Å². The highest BCUT2D eigenvalue weighted by atomic mass is 79.9. The van der Waals surface area contributed by atoms with Crippen LogP contribution in [0.5, 0.6) is 0 Å². The van der Waals surface area contributed by atoms with E-state index in [1.54, 1.807) is 18.2 Å². The van der Waals surface area contributed by atoms with Crippen LogP contribution in [0.1, 0.15) is 45.2 Å². The maximum atomic E-state index is 13.4. The van der Waals surface area contributed by atoms with Gasteiger partial charge in [-0.3, -0.25) is 19.8 Å². The first kappa shape index (κ1) is 24.6. The Hall–Kier alpha value is -2.48. The predicted molar refractivity (Wildman–Crippen MR) is 147 cm³/mol. The fourth-order valence-corrected chi connectivity index (χ4v) is 5.25. The summed E-state index contributed by atoms with van der Waals surface area (Å²) in [5.74, 6) is -1.04. The van der Waals surface area contributed by atoms with Crippen molar-refractivity contribution in [3.63, 3.8) is 0 Å². The second kappa shape index (κ2) is 9.29. The van der Waals surface area contributed by atoms with Gasteiger partial charge in [0.15, 0.2) is 5.11 Å². The zero-order valence-electron chi connectivity index (χ0n) is 19.4. The molecular formula is C26H25BrClN3O2S. The first-order valence-corrected chi connectivity index (χ1v) is 12.6. The Morgan fingerprint density at radius 1 is 1.18 bits per heavy atom. The lowest BCUT2D eigenvalue weighted by Gasteiger charge is -2.43. The highest BCUT2D eigenvalue weighted by molar-refractivity contribution is 9.10. The summed E-state index contributed by atoms with van der Waals surface area (Å²) in [6, 6.07) is 11.0. The van der Waals surface area contributed by atoms with Gasteiger partial charge in [0, 0.05) is 27.3 Å². The molecule has 0 atom stereocenters. The average molecular weight is 559 g/mol. The van der Waals surface area contributed by atoms with E-state index in [2.05, 4.69) is 59.9 Å². The smallest absolute Gasteiger partial charge is 0.270 e. The standard InChI is InChI=1S/C26H25BrClN3O2S/c1-5-10-30-22-13-21(28)16(11-19(22)15(2)14-26(30,3)4)12-20-23(32)29-25(34)31(24(20)33)18-8-6-17(27)7-9-18/h6-9,11-14H,5,10H2,1-4H3,(H,29,32,34)/b20-12-. The summed E-state index contributed by atoms with van der Waals surface area (Å²) < 4.78 is 0.871. The SMILES string of the molecule is CCCN1c2cc(Cl)c(/C=C3/C(=O)NC(=S)N(c4ccc(Br)cc4)C3=O)cc2C(C)=CC1(C)C. The van der Waals surface area contributed by atoms with Crippen LogP contribution in [0.15, 0.2) is 52.5 Å². The monoisotopic (exact) mass is 557 g/mol. The Labute approximate surface area is 218 Å². The van der Waals surface area contributed by atoms with Crippen molar-refractivity contribution < 1.29 is 9.59 Å². The Kier molecular flexibility index (Phi) is 6.73. The zero-order chi connectivity index (χ0) is 24.8. The van der Waals surface area contributed by atoms with Crippen molar-refractivity contribution in [2.45, 2.75) is 39.7 Å². The van der Waals surface area contributed by atoms with Crippen LogP contribution in [0.3, 0.4) is 0 Å². The van der Waals surface area contributed by atoms with Crippen molar-refractivity contribution >= 4 is 79.7 Å². The number of halogens is 2. The minimum absolute atomic E-state index is 0.0263. The summed E-state index contributed by atoms with van der Waals surface area (Å²) in [6.07, 6.45) is 4.78. The normalized spacial score (nSPS) is 18.7. The predicted octanol–water partition coefficient (Wildman–Crippen LogP) is 6.35. The van der Waals surface area contributed by atoms with E-state index in [-0.39, 0.29) is 16.2 Å². The molecule has 2 aromatic rings. The third-order valence-corrected chi connectivity index (χ3v) is 7.17. The van der Waals surface area contributed by atoms with E-state index < -0.39 is 11.8 Å². The molecule has 0 bridgehead atoms. The number of thiocarbonyl (C=S) groups is 1. The van der Waals surface area contributed by atoms with Crippen LogP contribution < -0.4 is 15.1 Å². The van der Waals surface area contributed by atoms with E-state index >= 15 is 0 Å². The molecule has 1 N–H and O–H groups in total. The number of nitrogens with one attached hydrogen (secondary N) is 1. The number of anilines is 2. The van der Waals surface area contributed by atoms with Crippen LogP contribution in [0.2, 0.25) is 5.02 Å². The number of hydrogen-bond donors (Lipinski definition) is 1. The number of fused-ring (bicyclic) bond motifs is 1. The molecule has 1 fully saturated rings. The second-order valence-electron chi connectivity index (χ2n) is 8.96. The van der Waals surface area contributed by atoms with Crippen molar-refractivity contribution in [3.05, 3.63) is 68.7 Å². The molecule has 2 aliphatic rings. The molecule has 176 valence electrons. The lowest BCUT2D eigenvalue weighted by molar-refractivity contribution is -0.122. The molecule has 0 aromatic heterocycles. The number of nitrogens with zero attached hydrogens (tertiary/aromatic N) is 2. The number of rotatable bonds is 4. The van der Waals surface area contributed by atoms with Crippen LogP contribution in [0.4, 0.5) is 11.4 Å². The van der Waals surface area contributed by atoms with Crippen LogP contribution in [0.25, 0.3) is 11.6 Å². The van der Waals surface area contributed by atoms with Crippen molar-refractivity contribution in [3.8, 4) is 0 Å². The fraction of sp³-hybridized carbons (Fsp3) is 0.269. The lowest BCUT2D eigenvalue weighted by Crippen LogP contribution is -2.54. The van der Waals surface area contributed by atoms with Gasteiger partial charge >= 0.3 is 0 Å². The maximum Gasteiger partial charge on any atom is 0.270 e. The van der Waals surface area contributed by atoms with E-state index in [0.29, 0.717) is 16.3 Å². The zero-order valence-corrected chi connectivity index (χ0v) is 22.6. The molecule has 0 unspecified atom stereocenters. The van der Waals surface area contributed by atoms with Crippen LogP contribution >= 0.6 is 39.7 Å². The number of carbonyl (C=O) groups excluding carboxylic acids is 2. The van der Waals surface area contributed by atoms with E-state index in [9.17, 15) is 9.59 Å². The van der Waals surface area contributed by atoms with E-state index in [1.165, 1.54) is 4.90 Å². The molecule has 8 heteroatoms. The molecule has 34 heavy (non-hydrogen) atoms. The van der Waals surface area contributed by atoms with Gasteiger partial charge in [0.2, 0.25) is 0 Å². The van der Waals surface area contributed by atoms with Crippen molar-refractivity contribution in [2.24, 2.45) is 0 Å². The number of benzene rings is 2. The topological polar surface area (TPSA) is 52.7 Å². The summed E-state index contributed by atoms with van der Waals surface area (Å²) >= 11 is 15.4. The first-order chi connectivity index (χ1) is 16.0. The molecule has 0 aliphatic carbocycles. The molecule has 2 heterocycles. The Morgan fingerprint density at radius 2 is 1.85 bits per heavy atom. The number of allylic oxidation sites excluding steroid dienone is 1.